The molecule has 1 aromatic heterocycles. The Labute approximate surface area is 191 Å². The van der Waals surface area contributed by atoms with E-state index in [2.05, 4.69) is 69.6 Å². The van der Waals surface area contributed by atoms with Crippen LogP contribution in [0.25, 0.3) is 0 Å². The molecule has 0 bridgehead atoms. The molecule has 0 aliphatic rings. The van der Waals surface area contributed by atoms with Gasteiger partial charge in [-0.05, 0) is 48.6 Å². The summed E-state index contributed by atoms with van der Waals surface area (Å²) in [6.07, 6.45) is 4.96. The third kappa shape index (κ3) is 8.09. The highest BCUT2D eigenvalue weighted by Crippen LogP contribution is 2.21. The van der Waals surface area contributed by atoms with Gasteiger partial charge < -0.3 is 19.9 Å². The standard InChI is InChI=1S/C23H38N6OS/c1-17(2)16-29-21(27-28-23(29)31-6)8-7-14-25-22(24-4)26-15-13-18(3)19-9-11-20(30-5)12-10-19/h9-12,17-18H,7-8,13-16H2,1-6H3,(H2,24,25,26). The van der Waals surface area contributed by atoms with Gasteiger partial charge in [0.1, 0.15) is 11.6 Å². The van der Waals surface area contributed by atoms with Gasteiger partial charge in [0.05, 0.1) is 7.11 Å². The van der Waals surface area contributed by atoms with Gasteiger partial charge in [-0.25, -0.2) is 0 Å². The Balaban J connectivity index is 1.72. The van der Waals surface area contributed by atoms with Crippen LogP contribution in [-0.2, 0) is 13.0 Å². The number of nitrogens with one attached hydrogen (secondary N) is 2. The van der Waals surface area contributed by atoms with Crippen LogP contribution in [0.2, 0.25) is 0 Å². The Morgan fingerprint density at radius 3 is 2.45 bits per heavy atom. The van der Waals surface area contributed by atoms with Gasteiger partial charge in [0, 0.05) is 33.1 Å². The molecule has 0 spiro atoms. The number of aromatic nitrogens is 3. The molecule has 0 saturated carbocycles. The van der Waals surface area contributed by atoms with Crippen LogP contribution < -0.4 is 15.4 Å². The Kier molecular flexibility index (Phi) is 10.7. The Bertz CT molecular complexity index is 803. The summed E-state index contributed by atoms with van der Waals surface area (Å²) in [6.45, 7) is 9.36. The third-order valence-electron chi connectivity index (χ3n) is 5.17. The van der Waals surface area contributed by atoms with Gasteiger partial charge in [-0.15, -0.1) is 10.2 Å². The van der Waals surface area contributed by atoms with Gasteiger partial charge >= 0.3 is 0 Å². The first-order valence-electron chi connectivity index (χ1n) is 11.0. The van der Waals surface area contributed by atoms with Crippen molar-refractivity contribution in [1.82, 2.24) is 25.4 Å². The molecule has 0 aliphatic heterocycles. The summed E-state index contributed by atoms with van der Waals surface area (Å²) in [5.74, 6) is 3.84. The fourth-order valence-electron chi connectivity index (χ4n) is 3.38. The summed E-state index contributed by atoms with van der Waals surface area (Å²) >= 11 is 1.66. The second-order valence-electron chi connectivity index (χ2n) is 8.10. The number of thioether (sulfide) groups is 1. The molecule has 0 aliphatic carbocycles. The van der Waals surface area contributed by atoms with Crippen LogP contribution in [0, 0.1) is 5.92 Å². The summed E-state index contributed by atoms with van der Waals surface area (Å²) in [6, 6.07) is 8.31. The minimum absolute atomic E-state index is 0.467. The van der Waals surface area contributed by atoms with Gasteiger partial charge in [0.2, 0.25) is 0 Å². The number of ether oxygens (including phenoxy) is 1. The van der Waals surface area contributed by atoms with E-state index in [1.165, 1.54) is 5.56 Å². The molecule has 0 saturated heterocycles. The molecule has 2 aromatic rings. The second kappa shape index (κ2) is 13.2. The quantitative estimate of drug-likeness (QED) is 0.222. The van der Waals surface area contributed by atoms with Crippen molar-refractivity contribution in [3.8, 4) is 5.75 Å². The number of methoxy groups -OCH3 is 1. The average Bonchev–Trinajstić information content (AvgIpc) is 3.16. The van der Waals surface area contributed by atoms with Crippen LogP contribution in [-0.4, -0.2) is 54.2 Å². The first-order valence-corrected chi connectivity index (χ1v) is 12.3. The van der Waals surface area contributed by atoms with E-state index in [4.69, 9.17) is 4.74 Å². The van der Waals surface area contributed by atoms with Crippen molar-refractivity contribution in [2.45, 2.75) is 57.7 Å². The number of hydrogen-bond acceptors (Lipinski definition) is 5. The van der Waals surface area contributed by atoms with Gasteiger partial charge in [-0.1, -0.05) is 44.7 Å². The highest BCUT2D eigenvalue weighted by atomic mass is 32.2. The molecule has 1 heterocycles. The van der Waals surface area contributed by atoms with E-state index in [0.717, 1.165) is 61.6 Å². The molecule has 1 aromatic carbocycles. The third-order valence-corrected chi connectivity index (χ3v) is 5.84. The summed E-state index contributed by atoms with van der Waals surface area (Å²) in [5, 5.41) is 16.5. The van der Waals surface area contributed by atoms with E-state index in [1.807, 2.05) is 19.2 Å². The molecule has 2 rings (SSSR count). The number of aliphatic imine (C=N–C) groups is 1. The minimum Gasteiger partial charge on any atom is -0.497 e. The van der Waals surface area contributed by atoms with E-state index < -0.39 is 0 Å². The van der Waals surface area contributed by atoms with Crippen molar-refractivity contribution < 1.29 is 4.74 Å². The number of guanidine groups is 1. The molecule has 2 N–H and O–H groups in total. The lowest BCUT2D eigenvalue weighted by atomic mass is 9.98. The predicted molar refractivity (Wildman–Crippen MR) is 130 cm³/mol. The van der Waals surface area contributed by atoms with Crippen LogP contribution in [0.3, 0.4) is 0 Å². The monoisotopic (exact) mass is 446 g/mol. The highest BCUT2D eigenvalue weighted by molar-refractivity contribution is 7.98. The molecule has 1 atom stereocenters. The number of aryl methyl sites for hydroxylation is 1. The maximum atomic E-state index is 5.24. The van der Waals surface area contributed by atoms with Gasteiger partial charge in [-0.2, -0.15) is 0 Å². The summed E-state index contributed by atoms with van der Waals surface area (Å²) in [7, 11) is 3.51. The highest BCUT2D eigenvalue weighted by Gasteiger charge is 2.12. The molecule has 7 nitrogen and oxygen atoms in total. The van der Waals surface area contributed by atoms with Crippen molar-refractivity contribution in [2.24, 2.45) is 10.9 Å². The Hall–Kier alpha value is -2.22. The normalized spacial score (nSPS) is 12.8. The van der Waals surface area contributed by atoms with Crippen LogP contribution >= 0.6 is 11.8 Å². The lowest BCUT2D eigenvalue weighted by molar-refractivity contribution is 0.414. The van der Waals surface area contributed by atoms with E-state index in [9.17, 15) is 0 Å². The lowest BCUT2D eigenvalue weighted by Crippen LogP contribution is -2.38. The number of hydrogen-bond donors (Lipinski definition) is 2. The van der Waals surface area contributed by atoms with E-state index in [0.29, 0.717) is 11.8 Å². The first-order chi connectivity index (χ1) is 15.0. The summed E-state index contributed by atoms with van der Waals surface area (Å²) in [4.78, 5) is 4.34. The fraction of sp³-hybridized carbons (Fsp3) is 0.609. The molecular formula is C23H38N6OS. The van der Waals surface area contributed by atoms with Crippen LogP contribution in [0.1, 0.15) is 50.9 Å². The summed E-state index contributed by atoms with van der Waals surface area (Å²) in [5.41, 5.74) is 1.32. The predicted octanol–water partition coefficient (Wildman–Crippen LogP) is 3.96. The SMILES string of the molecule is CN=C(NCCCc1nnc(SC)n1CC(C)C)NCCC(C)c1ccc(OC)cc1. The van der Waals surface area contributed by atoms with Gasteiger partial charge in [0.15, 0.2) is 11.1 Å². The first kappa shape index (κ1) is 25.0. The van der Waals surface area contributed by atoms with E-state index in [-0.39, 0.29) is 0 Å². The molecule has 172 valence electrons. The number of rotatable bonds is 12. The van der Waals surface area contributed by atoms with Crippen molar-refractivity contribution in [3.63, 3.8) is 0 Å². The molecule has 1 unspecified atom stereocenters. The van der Waals surface area contributed by atoms with Crippen molar-refractivity contribution >= 4 is 17.7 Å². The largest absolute Gasteiger partial charge is 0.497 e. The molecule has 0 fully saturated rings. The zero-order chi connectivity index (χ0) is 22.6. The minimum atomic E-state index is 0.467. The summed E-state index contributed by atoms with van der Waals surface area (Å²) < 4.78 is 7.49. The van der Waals surface area contributed by atoms with Crippen molar-refractivity contribution in [2.75, 3.05) is 33.5 Å². The zero-order valence-electron chi connectivity index (χ0n) is 19.8. The van der Waals surface area contributed by atoms with Crippen molar-refractivity contribution in [3.05, 3.63) is 35.7 Å². The van der Waals surface area contributed by atoms with Crippen LogP contribution in [0.15, 0.2) is 34.4 Å². The number of nitrogens with zero attached hydrogens (tertiary/aromatic N) is 4. The number of benzene rings is 1. The molecule has 31 heavy (non-hydrogen) atoms. The van der Waals surface area contributed by atoms with Crippen molar-refractivity contribution in [1.29, 1.82) is 0 Å². The molecule has 8 heteroatoms. The zero-order valence-corrected chi connectivity index (χ0v) is 20.6. The maximum Gasteiger partial charge on any atom is 0.190 e. The van der Waals surface area contributed by atoms with Crippen LogP contribution in [0.5, 0.6) is 5.75 Å². The average molecular weight is 447 g/mol. The molecule has 0 radical (unpaired) electrons. The fourth-order valence-corrected chi connectivity index (χ4v) is 3.91. The Morgan fingerprint density at radius 1 is 1.13 bits per heavy atom. The molecular weight excluding hydrogens is 408 g/mol. The lowest BCUT2D eigenvalue weighted by Gasteiger charge is -2.16. The topological polar surface area (TPSA) is 76.4 Å². The van der Waals surface area contributed by atoms with E-state index in [1.54, 1.807) is 18.9 Å². The molecule has 0 amide bonds. The van der Waals surface area contributed by atoms with Gasteiger partial charge in [-0.3, -0.25) is 4.99 Å². The smallest absolute Gasteiger partial charge is 0.190 e. The second-order valence-corrected chi connectivity index (χ2v) is 8.87. The van der Waals surface area contributed by atoms with Crippen LogP contribution in [0.4, 0.5) is 0 Å². The van der Waals surface area contributed by atoms with Gasteiger partial charge in [0.25, 0.3) is 0 Å². The maximum absolute atomic E-state index is 5.24. The van der Waals surface area contributed by atoms with E-state index >= 15 is 0 Å². The Morgan fingerprint density at radius 2 is 1.84 bits per heavy atom.